The number of rotatable bonds is 1. The van der Waals surface area contributed by atoms with E-state index in [1.165, 1.54) is 10.3 Å². The molecule has 0 amide bonds. The molecule has 2 nitrogen and oxygen atoms in total. The predicted octanol–water partition coefficient (Wildman–Crippen LogP) is 3.64. The second-order valence-corrected chi connectivity index (χ2v) is 5.67. The minimum atomic E-state index is 0.178. The first-order valence-corrected chi connectivity index (χ1v) is 5.92. The summed E-state index contributed by atoms with van der Waals surface area (Å²) in [5.74, 6) is 0. The molecular formula is C12H16N2S. The standard InChI is InChI=1S/C12H16N2S/c1-12(2,3)8-6-5-7-9-10(8)15-11(13-4)14-9/h5-7H,1-4H3,(H,13,14). The molecule has 0 unspecified atom stereocenters. The molecule has 2 aromatic rings. The van der Waals surface area contributed by atoms with Gasteiger partial charge in [-0.2, -0.15) is 0 Å². The average molecular weight is 220 g/mol. The van der Waals surface area contributed by atoms with Crippen molar-refractivity contribution in [3.63, 3.8) is 0 Å². The van der Waals surface area contributed by atoms with Crippen LogP contribution < -0.4 is 5.32 Å². The number of aromatic nitrogens is 1. The maximum absolute atomic E-state index is 4.51. The van der Waals surface area contributed by atoms with Gasteiger partial charge in [0, 0.05) is 7.05 Å². The van der Waals surface area contributed by atoms with Crippen molar-refractivity contribution < 1.29 is 0 Å². The number of benzene rings is 1. The van der Waals surface area contributed by atoms with Crippen molar-refractivity contribution >= 4 is 26.7 Å². The van der Waals surface area contributed by atoms with Crippen molar-refractivity contribution in [2.45, 2.75) is 26.2 Å². The maximum atomic E-state index is 4.51. The summed E-state index contributed by atoms with van der Waals surface area (Å²) in [7, 11) is 1.91. The van der Waals surface area contributed by atoms with Gasteiger partial charge in [-0.25, -0.2) is 4.98 Å². The topological polar surface area (TPSA) is 24.9 Å². The van der Waals surface area contributed by atoms with Crippen LogP contribution >= 0.6 is 11.3 Å². The highest BCUT2D eigenvalue weighted by molar-refractivity contribution is 7.22. The molecule has 0 aliphatic carbocycles. The fourth-order valence-corrected chi connectivity index (χ4v) is 2.79. The van der Waals surface area contributed by atoms with Gasteiger partial charge in [0.2, 0.25) is 0 Å². The molecule has 15 heavy (non-hydrogen) atoms. The molecule has 0 spiro atoms. The van der Waals surface area contributed by atoms with E-state index in [1.54, 1.807) is 11.3 Å². The first kappa shape index (κ1) is 10.4. The Morgan fingerprint density at radius 2 is 2.00 bits per heavy atom. The Balaban J connectivity index is 2.70. The first-order chi connectivity index (χ1) is 7.02. The number of nitrogens with one attached hydrogen (secondary N) is 1. The van der Waals surface area contributed by atoms with Crippen molar-refractivity contribution in [1.82, 2.24) is 4.98 Å². The van der Waals surface area contributed by atoms with Gasteiger partial charge in [0.15, 0.2) is 5.13 Å². The monoisotopic (exact) mass is 220 g/mol. The van der Waals surface area contributed by atoms with Crippen LogP contribution in [0.4, 0.5) is 5.13 Å². The molecule has 0 aliphatic heterocycles. The summed E-state index contributed by atoms with van der Waals surface area (Å²) >= 11 is 1.73. The Bertz CT molecular complexity index is 480. The van der Waals surface area contributed by atoms with Crippen LogP contribution in [0.5, 0.6) is 0 Å². The number of anilines is 1. The van der Waals surface area contributed by atoms with E-state index in [2.05, 4.69) is 49.3 Å². The molecule has 0 atom stereocenters. The molecule has 0 radical (unpaired) electrons. The SMILES string of the molecule is CNc1nc2cccc(C(C)(C)C)c2s1. The third kappa shape index (κ3) is 1.84. The predicted molar refractivity (Wildman–Crippen MR) is 67.9 cm³/mol. The Hall–Kier alpha value is -1.09. The van der Waals surface area contributed by atoms with Crippen molar-refractivity contribution in [3.05, 3.63) is 23.8 Å². The van der Waals surface area contributed by atoms with Crippen molar-refractivity contribution in [2.24, 2.45) is 0 Å². The largest absolute Gasteiger partial charge is 0.365 e. The number of fused-ring (bicyclic) bond motifs is 1. The summed E-state index contributed by atoms with van der Waals surface area (Å²) in [6, 6.07) is 6.35. The fourth-order valence-electron chi connectivity index (χ4n) is 1.65. The summed E-state index contributed by atoms with van der Waals surface area (Å²) in [6.45, 7) is 6.71. The van der Waals surface area contributed by atoms with Gasteiger partial charge in [0.1, 0.15) is 0 Å². The Morgan fingerprint density at radius 1 is 1.27 bits per heavy atom. The lowest BCUT2D eigenvalue weighted by atomic mass is 9.87. The quantitative estimate of drug-likeness (QED) is 0.793. The van der Waals surface area contributed by atoms with Gasteiger partial charge in [-0.05, 0) is 17.0 Å². The zero-order chi connectivity index (χ0) is 11.1. The zero-order valence-corrected chi connectivity index (χ0v) is 10.4. The van der Waals surface area contributed by atoms with E-state index < -0.39 is 0 Å². The second-order valence-electron chi connectivity index (χ2n) is 4.67. The number of thiazole rings is 1. The molecule has 0 bridgehead atoms. The van der Waals surface area contributed by atoms with Gasteiger partial charge in [0.05, 0.1) is 10.2 Å². The van der Waals surface area contributed by atoms with Crippen molar-refractivity contribution in [2.75, 3.05) is 12.4 Å². The third-order valence-corrected chi connectivity index (χ3v) is 3.56. The summed E-state index contributed by atoms with van der Waals surface area (Å²) in [5.41, 5.74) is 2.65. The van der Waals surface area contributed by atoms with Crippen LogP contribution in [-0.4, -0.2) is 12.0 Å². The normalized spacial score (nSPS) is 12.0. The fraction of sp³-hybridized carbons (Fsp3) is 0.417. The van der Waals surface area contributed by atoms with E-state index in [0.29, 0.717) is 0 Å². The summed E-state index contributed by atoms with van der Waals surface area (Å²) in [4.78, 5) is 4.51. The summed E-state index contributed by atoms with van der Waals surface area (Å²) in [6.07, 6.45) is 0. The maximum Gasteiger partial charge on any atom is 0.183 e. The number of nitrogens with zero attached hydrogens (tertiary/aromatic N) is 1. The van der Waals surface area contributed by atoms with E-state index in [0.717, 1.165) is 10.6 Å². The van der Waals surface area contributed by atoms with Gasteiger partial charge in [-0.15, -0.1) is 0 Å². The molecule has 80 valence electrons. The lowest BCUT2D eigenvalue weighted by Gasteiger charge is -2.19. The van der Waals surface area contributed by atoms with E-state index in [-0.39, 0.29) is 5.41 Å². The number of hydrogen-bond donors (Lipinski definition) is 1. The molecule has 1 aromatic carbocycles. The van der Waals surface area contributed by atoms with E-state index in [4.69, 9.17) is 0 Å². The summed E-state index contributed by atoms with van der Waals surface area (Å²) < 4.78 is 1.30. The highest BCUT2D eigenvalue weighted by Crippen LogP contribution is 2.35. The second kappa shape index (κ2) is 3.49. The highest BCUT2D eigenvalue weighted by Gasteiger charge is 2.18. The Labute approximate surface area is 94.3 Å². The third-order valence-electron chi connectivity index (χ3n) is 2.44. The minimum Gasteiger partial charge on any atom is -0.365 e. The Morgan fingerprint density at radius 3 is 2.60 bits per heavy atom. The minimum absolute atomic E-state index is 0.178. The zero-order valence-electron chi connectivity index (χ0n) is 9.59. The first-order valence-electron chi connectivity index (χ1n) is 5.10. The van der Waals surface area contributed by atoms with Crippen LogP contribution in [0.3, 0.4) is 0 Å². The molecule has 0 fully saturated rings. The van der Waals surface area contributed by atoms with Crippen molar-refractivity contribution in [3.8, 4) is 0 Å². The van der Waals surface area contributed by atoms with Crippen molar-refractivity contribution in [1.29, 1.82) is 0 Å². The van der Waals surface area contributed by atoms with Crippen LogP contribution in [0.25, 0.3) is 10.2 Å². The molecule has 1 aromatic heterocycles. The lowest BCUT2D eigenvalue weighted by molar-refractivity contribution is 0.596. The molecule has 2 rings (SSSR count). The van der Waals surface area contributed by atoms with E-state index >= 15 is 0 Å². The van der Waals surface area contributed by atoms with Crippen LogP contribution in [0.2, 0.25) is 0 Å². The van der Waals surface area contributed by atoms with Crippen LogP contribution in [0.15, 0.2) is 18.2 Å². The van der Waals surface area contributed by atoms with Gasteiger partial charge >= 0.3 is 0 Å². The molecule has 0 aliphatic rings. The van der Waals surface area contributed by atoms with Crippen LogP contribution in [0, 0.1) is 0 Å². The molecule has 0 saturated carbocycles. The molecule has 1 N–H and O–H groups in total. The van der Waals surface area contributed by atoms with Gasteiger partial charge in [-0.3, -0.25) is 0 Å². The molecular weight excluding hydrogens is 204 g/mol. The summed E-state index contributed by atoms with van der Waals surface area (Å²) in [5, 5.41) is 4.09. The average Bonchev–Trinajstić information content (AvgIpc) is 2.57. The smallest absolute Gasteiger partial charge is 0.183 e. The van der Waals surface area contributed by atoms with Crippen LogP contribution in [0.1, 0.15) is 26.3 Å². The van der Waals surface area contributed by atoms with E-state index in [1.807, 2.05) is 7.05 Å². The highest BCUT2D eigenvalue weighted by atomic mass is 32.1. The van der Waals surface area contributed by atoms with Gasteiger partial charge in [-0.1, -0.05) is 44.2 Å². The number of hydrogen-bond acceptors (Lipinski definition) is 3. The van der Waals surface area contributed by atoms with Gasteiger partial charge in [0.25, 0.3) is 0 Å². The molecule has 1 heterocycles. The van der Waals surface area contributed by atoms with Crippen LogP contribution in [-0.2, 0) is 5.41 Å². The Kier molecular flexibility index (Phi) is 2.43. The lowest BCUT2D eigenvalue weighted by Crippen LogP contribution is -2.10. The van der Waals surface area contributed by atoms with E-state index in [9.17, 15) is 0 Å². The molecule has 0 saturated heterocycles. The van der Waals surface area contributed by atoms with Gasteiger partial charge < -0.3 is 5.32 Å². The molecule has 3 heteroatoms.